The second-order valence-electron chi connectivity index (χ2n) is 7.80. The zero-order valence-electron chi connectivity index (χ0n) is 16.1. The van der Waals surface area contributed by atoms with Crippen molar-refractivity contribution in [3.63, 3.8) is 0 Å². The molecule has 2 aliphatic rings. The van der Waals surface area contributed by atoms with Gasteiger partial charge >= 0.3 is 0 Å². The summed E-state index contributed by atoms with van der Waals surface area (Å²) in [6.07, 6.45) is 4.43. The lowest BCUT2D eigenvalue weighted by Crippen LogP contribution is -3.13. The molecule has 3 amide bonds. The minimum Gasteiger partial charge on any atom is -0.356 e. The second-order valence-corrected chi connectivity index (χ2v) is 7.80. The van der Waals surface area contributed by atoms with E-state index in [2.05, 4.69) is 12.2 Å². The van der Waals surface area contributed by atoms with Crippen molar-refractivity contribution in [1.82, 2.24) is 10.2 Å². The van der Waals surface area contributed by atoms with Gasteiger partial charge in [-0.3, -0.25) is 19.3 Å². The molecule has 2 N–H and O–H groups in total. The van der Waals surface area contributed by atoms with Crippen molar-refractivity contribution in [3.8, 4) is 0 Å². The normalized spacial score (nSPS) is 22.0. The van der Waals surface area contributed by atoms with Gasteiger partial charge in [-0.25, -0.2) is 0 Å². The first kappa shape index (κ1) is 19.5. The van der Waals surface area contributed by atoms with Gasteiger partial charge in [-0.15, -0.1) is 0 Å². The van der Waals surface area contributed by atoms with Gasteiger partial charge in [0, 0.05) is 25.9 Å². The van der Waals surface area contributed by atoms with E-state index in [1.165, 1.54) is 30.8 Å². The van der Waals surface area contributed by atoms with Gasteiger partial charge in [0.25, 0.3) is 11.8 Å². The third-order valence-electron chi connectivity index (χ3n) is 5.67. The fourth-order valence-electron chi connectivity index (χ4n) is 3.91. The number of carbonyl (C=O) groups excluding carboxylic acids is 3. The van der Waals surface area contributed by atoms with Crippen LogP contribution in [0.3, 0.4) is 0 Å². The van der Waals surface area contributed by atoms with Crippen molar-refractivity contribution >= 4 is 17.7 Å². The molecule has 1 aromatic carbocycles. The lowest BCUT2D eigenvalue weighted by atomic mass is 9.99. The molecule has 1 saturated heterocycles. The molecule has 0 aromatic heterocycles. The van der Waals surface area contributed by atoms with E-state index in [0.717, 1.165) is 18.9 Å². The van der Waals surface area contributed by atoms with Crippen molar-refractivity contribution in [2.75, 3.05) is 32.7 Å². The number of quaternary nitrogens is 1. The maximum Gasteiger partial charge on any atom is 0.261 e. The molecule has 146 valence electrons. The van der Waals surface area contributed by atoms with E-state index >= 15 is 0 Å². The largest absolute Gasteiger partial charge is 0.356 e. The summed E-state index contributed by atoms with van der Waals surface area (Å²) in [5.41, 5.74) is 0.920. The summed E-state index contributed by atoms with van der Waals surface area (Å²) in [4.78, 5) is 39.4. The highest BCUT2D eigenvalue weighted by molar-refractivity contribution is 6.21. The van der Waals surface area contributed by atoms with E-state index in [-0.39, 0.29) is 24.3 Å². The van der Waals surface area contributed by atoms with Crippen molar-refractivity contribution < 1.29 is 19.3 Å². The number of carbonyl (C=O) groups is 3. The summed E-state index contributed by atoms with van der Waals surface area (Å²) in [5, 5.41) is 2.96. The minimum atomic E-state index is -0.255. The van der Waals surface area contributed by atoms with Crippen LogP contribution < -0.4 is 10.2 Å². The summed E-state index contributed by atoms with van der Waals surface area (Å²) in [6.45, 7) is 6.91. The molecular weight excluding hydrogens is 342 g/mol. The Morgan fingerprint density at radius 1 is 1.11 bits per heavy atom. The van der Waals surface area contributed by atoms with Crippen LogP contribution in [0.15, 0.2) is 24.3 Å². The van der Waals surface area contributed by atoms with Gasteiger partial charge in [-0.1, -0.05) is 19.1 Å². The maximum atomic E-state index is 12.3. The van der Waals surface area contributed by atoms with E-state index in [4.69, 9.17) is 0 Å². The first-order valence-electron chi connectivity index (χ1n) is 10.1. The summed E-state index contributed by atoms with van der Waals surface area (Å²) >= 11 is 0. The maximum absolute atomic E-state index is 12.3. The van der Waals surface area contributed by atoms with Crippen LogP contribution in [-0.4, -0.2) is 55.3 Å². The van der Waals surface area contributed by atoms with Gasteiger partial charge in [-0.05, 0) is 37.3 Å². The highest BCUT2D eigenvalue weighted by Crippen LogP contribution is 2.22. The van der Waals surface area contributed by atoms with E-state index in [9.17, 15) is 14.4 Å². The number of benzene rings is 1. The number of fused-ring (bicyclic) bond motifs is 1. The average Bonchev–Trinajstić information content (AvgIpc) is 2.92. The number of nitrogens with one attached hydrogen (secondary N) is 2. The summed E-state index contributed by atoms with van der Waals surface area (Å²) in [6, 6.07) is 6.86. The smallest absolute Gasteiger partial charge is 0.261 e. The number of piperidine rings is 1. The molecule has 2 heterocycles. The standard InChI is InChI=1S/C21H29N3O3/c1-16-9-14-23(15-10-16)12-5-11-22-19(25)8-4-13-24-20(26)17-6-2-3-7-18(17)21(24)27/h2-3,6-7,16H,4-5,8-15H2,1H3,(H,22,25)/p+1. The van der Waals surface area contributed by atoms with E-state index in [0.29, 0.717) is 30.5 Å². The van der Waals surface area contributed by atoms with Crippen LogP contribution in [0.1, 0.15) is 59.7 Å². The zero-order chi connectivity index (χ0) is 19.2. The molecular formula is C21H30N3O3+. The molecule has 0 unspecified atom stereocenters. The molecule has 1 fully saturated rings. The molecule has 0 radical (unpaired) electrons. The van der Waals surface area contributed by atoms with E-state index in [1.54, 1.807) is 29.2 Å². The van der Waals surface area contributed by atoms with Gasteiger partial charge in [0.15, 0.2) is 0 Å². The predicted octanol–water partition coefficient (Wildman–Crippen LogP) is 0.884. The van der Waals surface area contributed by atoms with Gasteiger partial charge in [0.1, 0.15) is 0 Å². The lowest BCUT2D eigenvalue weighted by molar-refractivity contribution is -0.906. The molecule has 0 aliphatic carbocycles. The molecule has 27 heavy (non-hydrogen) atoms. The van der Waals surface area contributed by atoms with Crippen LogP contribution in [0.25, 0.3) is 0 Å². The molecule has 0 saturated carbocycles. The number of rotatable bonds is 8. The second kappa shape index (κ2) is 9.13. The fourth-order valence-corrected chi connectivity index (χ4v) is 3.91. The number of amides is 3. The van der Waals surface area contributed by atoms with Crippen molar-refractivity contribution in [2.45, 2.75) is 39.0 Å². The number of likely N-dealkylation sites (tertiary alicyclic amines) is 1. The molecule has 3 rings (SSSR count). The van der Waals surface area contributed by atoms with Gasteiger partial charge in [0.05, 0.1) is 30.8 Å². The third kappa shape index (κ3) is 4.95. The first-order valence-corrected chi connectivity index (χ1v) is 10.1. The Bertz CT molecular complexity index is 661. The zero-order valence-corrected chi connectivity index (χ0v) is 16.1. The van der Waals surface area contributed by atoms with Crippen LogP contribution in [0.5, 0.6) is 0 Å². The number of nitrogens with zero attached hydrogens (tertiary/aromatic N) is 1. The van der Waals surface area contributed by atoms with Gasteiger partial charge in [0.2, 0.25) is 5.91 Å². The monoisotopic (exact) mass is 372 g/mol. The van der Waals surface area contributed by atoms with E-state index < -0.39 is 0 Å². The quantitative estimate of drug-likeness (QED) is 0.526. The Balaban J connectivity index is 1.30. The van der Waals surface area contributed by atoms with Crippen molar-refractivity contribution in [2.24, 2.45) is 5.92 Å². The molecule has 2 aliphatic heterocycles. The SMILES string of the molecule is CC1CC[NH+](CCCNC(=O)CCCN2C(=O)c3ccccc3C2=O)CC1. The molecule has 6 heteroatoms. The van der Waals surface area contributed by atoms with Crippen LogP contribution in [-0.2, 0) is 4.79 Å². The fraction of sp³-hybridized carbons (Fsp3) is 0.571. The number of hydrogen-bond acceptors (Lipinski definition) is 3. The van der Waals surface area contributed by atoms with Crippen molar-refractivity contribution in [1.29, 1.82) is 0 Å². The van der Waals surface area contributed by atoms with Gasteiger partial charge in [-0.2, -0.15) is 0 Å². The average molecular weight is 372 g/mol. The van der Waals surface area contributed by atoms with E-state index in [1.807, 2.05) is 0 Å². The molecule has 0 atom stereocenters. The highest BCUT2D eigenvalue weighted by Gasteiger charge is 2.34. The Kier molecular flexibility index (Phi) is 6.61. The molecule has 1 aromatic rings. The predicted molar refractivity (Wildman–Crippen MR) is 103 cm³/mol. The molecule has 6 nitrogen and oxygen atoms in total. The van der Waals surface area contributed by atoms with Crippen LogP contribution in [0, 0.1) is 5.92 Å². The lowest BCUT2D eigenvalue weighted by Gasteiger charge is -2.27. The van der Waals surface area contributed by atoms with Crippen molar-refractivity contribution in [3.05, 3.63) is 35.4 Å². The third-order valence-corrected chi connectivity index (χ3v) is 5.67. The van der Waals surface area contributed by atoms with Gasteiger partial charge < -0.3 is 10.2 Å². The summed E-state index contributed by atoms with van der Waals surface area (Å²) in [5.74, 6) is 0.342. The molecule has 0 bridgehead atoms. The van der Waals surface area contributed by atoms with Crippen LogP contribution in [0.4, 0.5) is 0 Å². The summed E-state index contributed by atoms with van der Waals surface area (Å²) < 4.78 is 0. The number of hydrogen-bond donors (Lipinski definition) is 2. The van der Waals surface area contributed by atoms with Crippen LogP contribution >= 0.6 is 0 Å². The topological polar surface area (TPSA) is 70.9 Å². The van der Waals surface area contributed by atoms with Crippen LogP contribution in [0.2, 0.25) is 0 Å². The Morgan fingerprint density at radius 3 is 2.37 bits per heavy atom. The minimum absolute atomic E-state index is 0.00567. The molecule has 0 spiro atoms. The highest BCUT2D eigenvalue weighted by atomic mass is 16.2. The Hall–Kier alpha value is -2.21. The number of imide groups is 1. The Labute approximate surface area is 160 Å². The first-order chi connectivity index (χ1) is 13.1. The summed E-state index contributed by atoms with van der Waals surface area (Å²) in [7, 11) is 0. The Morgan fingerprint density at radius 2 is 1.74 bits per heavy atom.